The first-order valence-corrected chi connectivity index (χ1v) is 9.08. The van der Waals surface area contributed by atoms with E-state index in [1.807, 2.05) is 48.5 Å². The van der Waals surface area contributed by atoms with Crippen molar-refractivity contribution in [2.45, 2.75) is 19.6 Å². The molecule has 0 radical (unpaired) electrons. The predicted molar refractivity (Wildman–Crippen MR) is 105 cm³/mol. The van der Waals surface area contributed by atoms with E-state index < -0.39 is 6.10 Å². The Hall–Kier alpha value is -3.54. The Morgan fingerprint density at radius 1 is 1.04 bits per heavy atom. The summed E-state index contributed by atoms with van der Waals surface area (Å²) >= 11 is 0. The molecular weight excluding hydrogens is 356 g/mol. The molecule has 1 aliphatic rings. The second-order valence-electron chi connectivity index (χ2n) is 6.55. The molecule has 28 heavy (non-hydrogen) atoms. The highest BCUT2D eigenvalue weighted by atomic mass is 16.5. The van der Waals surface area contributed by atoms with Crippen LogP contribution in [0.15, 0.2) is 77.4 Å². The van der Waals surface area contributed by atoms with Gasteiger partial charge in [-0.05, 0) is 43.3 Å². The number of carbonyl (C=O) groups excluding carboxylic acids is 2. The van der Waals surface area contributed by atoms with Crippen LogP contribution in [0.1, 0.15) is 12.7 Å². The van der Waals surface area contributed by atoms with E-state index in [9.17, 15) is 9.59 Å². The van der Waals surface area contributed by atoms with Gasteiger partial charge in [0, 0.05) is 5.69 Å². The molecule has 2 heterocycles. The standard InChI is InChI=1S/C22H20N2O4/c1-16-22(26)24(19-11-5-6-12-20(19)28-16)15-21(25)23(14-18-10-7-13-27-18)17-8-3-2-4-9-17/h2-13,16H,14-15H2,1H3/t16-/m1/s1. The first-order valence-electron chi connectivity index (χ1n) is 9.08. The predicted octanol–water partition coefficient (Wildman–Crippen LogP) is 3.63. The molecule has 0 spiro atoms. The highest BCUT2D eigenvalue weighted by Crippen LogP contribution is 2.33. The molecule has 0 saturated heterocycles. The lowest BCUT2D eigenvalue weighted by atomic mass is 10.1. The maximum Gasteiger partial charge on any atom is 0.268 e. The molecule has 1 aliphatic heterocycles. The van der Waals surface area contributed by atoms with Crippen LogP contribution in [0, 0.1) is 0 Å². The third kappa shape index (κ3) is 3.49. The van der Waals surface area contributed by atoms with Gasteiger partial charge in [-0.2, -0.15) is 0 Å². The average molecular weight is 376 g/mol. The number of ether oxygens (including phenoxy) is 1. The minimum Gasteiger partial charge on any atom is -0.479 e. The van der Waals surface area contributed by atoms with Gasteiger partial charge in [0.2, 0.25) is 5.91 Å². The minimum absolute atomic E-state index is 0.0842. The zero-order valence-electron chi connectivity index (χ0n) is 15.4. The smallest absolute Gasteiger partial charge is 0.268 e. The van der Waals surface area contributed by atoms with Crippen molar-refractivity contribution in [2.24, 2.45) is 0 Å². The molecule has 0 saturated carbocycles. The van der Waals surface area contributed by atoms with Crippen LogP contribution in [-0.4, -0.2) is 24.5 Å². The molecule has 4 rings (SSSR count). The van der Waals surface area contributed by atoms with Gasteiger partial charge in [0.15, 0.2) is 6.10 Å². The summed E-state index contributed by atoms with van der Waals surface area (Å²) < 4.78 is 11.1. The van der Waals surface area contributed by atoms with Crippen molar-refractivity contribution in [3.63, 3.8) is 0 Å². The van der Waals surface area contributed by atoms with Gasteiger partial charge >= 0.3 is 0 Å². The molecule has 2 amide bonds. The van der Waals surface area contributed by atoms with Gasteiger partial charge in [-0.1, -0.05) is 30.3 Å². The number of benzene rings is 2. The summed E-state index contributed by atoms with van der Waals surface area (Å²) in [6.07, 6.45) is 0.935. The fourth-order valence-electron chi connectivity index (χ4n) is 3.23. The zero-order valence-corrected chi connectivity index (χ0v) is 15.4. The second-order valence-corrected chi connectivity index (χ2v) is 6.55. The van der Waals surface area contributed by atoms with Crippen molar-refractivity contribution in [3.8, 4) is 5.75 Å². The first kappa shape index (κ1) is 17.9. The SMILES string of the molecule is C[C@H]1Oc2ccccc2N(CC(=O)N(Cc2ccco2)c2ccccc2)C1=O. The van der Waals surface area contributed by atoms with E-state index in [1.54, 1.807) is 36.3 Å². The van der Waals surface area contributed by atoms with E-state index in [4.69, 9.17) is 9.15 Å². The van der Waals surface area contributed by atoms with Crippen LogP contribution in [0.5, 0.6) is 5.75 Å². The summed E-state index contributed by atoms with van der Waals surface area (Å²) in [5, 5.41) is 0. The van der Waals surface area contributed by atoms with Gasteiger partial charge in [-0.15, -0.1) is 0 Å². The third-order valence-electron chi connectivity index (χ3n) is 4.63. The molecule has 0 bridgehead atoms. The largest absolute Gasteiger partial charge is 0.479 e. The highest BCUT2D eigenvalue weighted by Gasteiger charge is 2.33. The Labute approximate surface area is 162 Å². The lowest BCUT2D eigenvalue weighted by Gasteiger charge is -2.34. The topological polar surface area (TPSA) is 63.0 Å². The van der Waals surface area contributed by atoms with Crippen LogP contribution in [0.2, 0.25) is 0 Å². The Balaban J connectivity index is 1.63. The Bertz CT molecular complexity index is 969. The fraction of sp³-hybridized carbons (Fsp3) is 0.182. The van der Waals surface area contributed by atoms with Crippen LogP contribution >= 0.6 is 0 Å². The number of rotatable bonds is 5. The number of nitrogens with zero attached hydrogens (tertiary/aromatic N) is 2. The van der Waals surface area contributed by atoms with Crippen molar-refractivity contribution in [1.29, 1.82) is 0 Å². The summed E-state index contributed by atoms with van der Waals surface area (Å²) in [5.74, 6) is 0.817. The van der Waals surface area contributed by atoms with Crippen LogP contribution in [0.4, 0.5) is 11.4 Å². The van der Waals surface area contributed by atoms with Crippen molar-refractivity contribution >= 4 is 23.2 Å². The number of para-hydroxylation sites is 3. The number of anilines is 2. The van der Waals surface area contributed by atoms with Gasteiger partial charge in [0.05, 0.1) is 18.5 Å². The van der Waals surface area contributed by atoms with Crippen molar-refractivity contribution in [2.75, 3.05) is 16.3 Å². The maximum absolute atomic E-state index is 13.2. The number of fused-ring (bicyclic) bond motifs is 1. The Kier molecular flexibility index (Phi) is 4.85. The molecular formula is C22H20N2O4. The van der Waals surface area contributed by atoms with Gasteiger partial charge < -0.3 is 14.1 Å². The molecule has 3 aromatic rings. The molecule has 0 N–H and O–H groups in total. The first-order chi connectivity index (χ1) is 13.6. The molecule has 0 unspecified atom stereocenters. The summed E-state index contributed by atoms with van der Waals surface area (Å²) in [6.45, 7) is 1.89. The Morgan fingerprint density at radius 2 is 1.79 bits per heavy atom. The van der Waals surface area contributed by atoms with Crippen molar-refractivity contribution < 1.29 is 18.7 Å². The van der Waals surface area contributed by atoms with Crippen LogP contribution in [0.25, 0.3) is 0 Å². The lowest BCUT2D eigenvalue weighted by Crippen LogP contribution is -2.49. The van der Waals surface area contributed by atoms with Crippen LogP contribution in [-0.2, 0) is 16.1 Å². The quantitative estimate of drug-likeness (QED) is 0.682. The second kappa shape index (κ2) is 7.60. The number of amides is 2. The molecule has 6 heteroatoms. The van der Waals surface area contributed by atoms with Crippen molar-refractivity contribution in [3.05, 3.63) is 78.8 Å². The number of carbonyl (C=O) groups is 2. The summed E-state index contributed by atoms with van der Waals surface area (Å²) in [7, 11) is 0. The monoisotopic (exact) mass is 376 g/mol. The summed E-state index contributed by atoms with van der Waals surface area (Å²) in [5.41, 5.74) is 1.34. The maximum atomic E-state index is 13.2. The van der Waals surface area contributed by atoms with E-state index in [0.29, 0.717) is 17.2 Å². The van der Waals surface area contributed by atoms with E-state index in [1.165, 1.54) is 4.90 Å². The Morgan fingerprint density at radius 3 is 2.54 bits per heavy atom. The molecule has 1 atom stereocenters. The molecule has 1 aromatic heterocycles. The van der Waals surface area contributed by atoms with Crippen LogP contribution in [0.3, 0.4) is 0 Å². The molecule has 0 aliphatic carbocycles. The average Bonchev–Trinajstić information content (AvgIpc) is 3.23. The van der Waals surface area contributed by atoms with Gasteiger partial charge in [0.1, 0.15) is 18.1 Å². The fourth-order valence-corrected chi connectivity index (χ4v) is 3.23. The van der Waals surface area contributed by atoms with E-state index >= 15 is 0 Å². The van der Waals surface area contributed by atoms with Crippen LogP contribution < -0.4 is 14.5 Å². The molecule has 2 aromatic carbocycles. The van der Waals surface area contributed by atoms with Gasteiger partial charge in [0.25, 0.3) is 5.91 Å². The highest BCUT2D eigenvalue weighted by molar-refractivity contribution is 6.06. The summed E-state index contributed by atoms with van der Waals surface area (Å²) in [6, 6.07) is 20.2. The number of hydrogen-bond donors (Lipinski definition) is 0. The normalized spacial score (nSPS) is 15.7. The van der Waals surface area contributed by atoms with Crippen molar-refractivity contribution in [1.82, 2.24) is 0 Å². The number of hydrogen-bond acceptors (Lipinski definition) is 4. The molecule has 6 nitrogen and oxygen atoms in total. The van der Waals surface area contributed by atoms with E-state index in [2.05, 4.69) is 0 Å². The van der Waals surface area contributed by atoms with Gasteiger partial charge in [-0.3, -0.25) is 14.5 Å². The van der Waals surface area contributed by atoms with Gasteiger partial charge in [-0.25, -0.2) is 0 Å². The molecule has 0 fully saturated rings. The third-order valence-corrected chi connectivity index (χ3v) is 4.63. The lowest BCUT2D eigenvalue weighted by molar-refractivity contribution is -0.127. The van der Waals surface area contributed by atoms with E-state index in [0.717, 1.165) is 5.69 Å². The summed E-state index contributed by atoms with van der Waals surface area (Å²) in [4.78, 5) is 29.1. The minimum atomic E-state index is -0.641. The zero-order chi connectivity index (χ0) is 19.5. The molecule has 142 valence electrons. The van der Waals surface area contributed by atoms with E-state index in [-0.39, 0.29) is 24.9 Å². The number of furan rings is 1.